The van der Waals surface area contributed by atoms with Gasteiger partial charge in [0.1, 0.15) is 5.75 Å². The number of amides is 1. The van der Waals surface area contributed by atoms with Crippen molar-refractivity contribution in [3.63, 3.8) is 0 Å². The van der Waals surface area contributed by atoms with E-state index in [0.717, 1.165) is 11.4 Å². The van der Waals surface area contributed by atoms with Crippen molar-refractivity contribution >= 4 is 27.4 Å². The van der Waals surface area contributed by atoms with Gasteiger partial charge < -0.3 is 20.3 Å². The van der Waals surface area contributed by atoms with E-state index in [9.17, 15) is 13.2 Å². The smallest absolute Gasteiger partial charge is 0.265 e. The lowest BCUT2D eigenvalue weighted by atomic mass is 10.2. The summed E-state index contributed by atoms with van der Waals surface area (Å²) >= 11 is 0. The maximum Gasteiger partial charge on any atom is 0.265 e. The highest BCUT2D eigenvalue weighted by Gasteiger charge is 2.28. The molecule has 2 heterocycles. The minimum Gasteiger partial charge on any atom is -0.482 e. The normalized spacial score (nSPS) is 21.5. The molecular weight excluding hydrogens is 368 g/mol. The molecule has 1 amide bonds. The van der Waals surface area contributed by atoms with E-state index in [-0.39, 0.29) is 30.1 Å². The van der Waals surface area contributed by atoms with Gasteiger partial charge in [-0.25, -0.2) is 8.42 Å². The molecular formula is C18H26N4O4S. The van der Waals surface area contributed by atoms with Crippen LogP contribution in [0, 0.1) is 0 Å². The molecule has 0 aliphatic carbocycles. The van der Waals surface area contributed by atoms with Gasteiger partial charge in [-0.3, -0.25) is 9.79 Å². The molecule has 8 nitrogen and oxygen atoms in total. The summed E-state index contributed by atoms with van der Waals surface area (Å²) in [5.74, 6) is 1.66. The van der Waals surface area contributed by atoms with E-state index in [1.165, 1.54) is 0 Å². The van der Waals surface area contributed by atoms with E-state index >= 15 is 0 Å². The Morgan fingerprint density at radius 2 is 2.19 bits per heavy atom. The molecule has 9 heteroatoms. The summed E-state index contributed by atoms with van der Waals surface area (Å²) in [5, 5.41) is 6.34. The average Bonchev–Trinajstić information content (AvgIpc) is 2.98. The van der Waals surface area contributed by atoms with E-state index in [2.05, 4.69) is 15.6 Å². The number of benzene rings is 1. The van der Waals surface area contributed by atoms with Gasteiger partial charge in [-0.2, -0.15) is 0 Å². The summed E-state index contributed by atoms with van der Waals surface area (Å²) in [6.45, 7) is 3.80. The van der Waals surface area contributed by atoms with Crippen molar-refractivity contribution in [3.05, 3.63) is 24.3 Å². The van der Waals surface area contributed by atoms with Crippen molar-refractivity contribution in [2.75, 3.05) is 42.6 Å². The number of hydrogen-bond donors (Lipinski definition) is 2. The number of carbonyl (C=O) groups is 1. The molecule has 1 atom stereocenters. The number of carbonyl (C=O) groups excluding carboxylic acids is 1. The highest BCUT2D eigenvalue weighted by Crippen LogP contribution is 2.31. The van der Waals surface area contributed by atoms with Crippen LogP contribution in [0.5, 0.6) is 5.75 Å². The van der Waals surface area contributed by atoms with Crippen LogP contribution in [0.4, 0.5) is 5.69 Å². The van der Waals surface area contributed by atoms with Gasteiger partial charge in [0.05, 0.1) is 17.2 Å². The van der Waals surface area contributed by atoms with Crippen LogP contribution in [0.25, 0.3) is 0 Å². The Balaban J connectivity index is 1.54. The molecule has 2 aliphatic heterocycles. The van der Waals surface area contributed by atoms with Crippen molar-refractivity contribution in [2.45, 2.75) is 25.8 Å². The van der Waals surface area contributed by atoms with Gasteiger partial charge in [0, 0.05) is 25.7 Å². The standard InChI is InChI=1S/C18H26N4O4S/c1-2-19-18(21-14-8-11-27(24,25)13-14)20-9-5-10-22-15-6-3-4-7-16(15)26-12-17(22)23/h3-4,6-7,14H,2,5,8-13H2,1H3,(H2,19,20,21). The summed E-state index contributed by atoms with van der Waals surface area (Å²) in [5.41, 5.74) is 0.791. The van der Waals surface area contributed by atoms with Gasteiger partial charge in [0.25, 0.3) is 5.91 Å². The molecule has 27 heavy (non-hydrogen) atoms. The lowest BCUT2D eigenvalue weighted by Crippen LogP contribution is -2.44. The Bertz CT molecular complexity index is 809. The molecule has 1 saturated heterocycles. The van der Waals surface area contributed by atoms with E-state index in [1.807, 2.05) is 31.2 Å². The van der Waals surface area contributed by atoms with Crippen LogP contribution in [-0.4, -0.2) is 64.1 Å². The van der Waals surface area contributed by atoms with Crippen LogP contribution in [0.3, 0.4) is 0 Å². The van der Waals surface area contributed by atoms with Gasteiger partial charge in [-0.15, -0.1) is 0 Å². The first-order chi connectivity index (χ1) is 13.0. The Hall–Kier alpha value is -2.29. The van der Waals surface area contributed by atoms with Crippen molar-refractivity contribution in [1.82, 2.24) is 10.6 Å². The molecule has 1 unspecified atom stereocenters. The summed E-state index contributed by atoms with van der Waals surface area (Å²) < 4.78 is 28.6. The first kappa shape index (κ1) is 19.5. The molecule has 1 aromatic carbocycles. The van der Waals surface area contributed by atoms with Crippen molar-refractivity contribution in [1.29, 1.82) is 0 Å². The van der Waals surface area contributed by atoms with Crippen molar-refractivity contribution in [3.8, 4) is 5.75 Å². The highest BCUT2D eigenvalue weighted by atomic mass is 32.2. The van der Waals surface area contributed by atoms with E-state index in [1.54, 1.807) is 4.90 Å². The van der Waals surface area contributed by atoms with Crippen LogP contribution in [-0.2, 0) is 14.6 Å². The Labute approximate surface area is 159 Å². The molecule has 0 radical (unpaired) electrons. The first-order valence-corrected chi connectivity index (χ1v) is 11.1. The highest BCUT2D eigenvalue weighted by molar-refractivity contribution is 7.91. The second kappa shape index (κ2) is 8.60. The third-order valence-electron chi connectivity index (χ3n) is 4.54. The number of aliphatic imine (C=N–C) groups is 1. The van der Waals surface area contributed by atoms with Crippen LogP contribution < -0.4 is 20.3 Å². The number of nitrogens with one attached hydrogen (secondary N) is 2. The summed E-state index contributed by atoms with van der Waals surface area (Å²) in [6.07, 6.45) is 1.30. The van der Waals surface area contributed by atoms with Gasteiger partial charge in [-0.05, 0) is 31.9 Å². The predicted octanol–water partition coefficient (Wildman–Crippen LogP) is 0.544. The molecule has 1 fully saturated rings. The second-order valence-electron chi connectivity index (χ2n) is 6.66. The van der Waals surface area contributed by atoms with Gasteiger partial charge in [0.2, 0.25) is 0 Å². The second-order valence-corrected chi connectivity index (χ2v) is 8.89. The number of fused-ring (bicyclic) bond motifs is 1. The number of para-hydroxylation sites is 2. The quantitative estimate of drug-likeness (QED) is 0.415. The summed E-state index contributed by atoms with van der Waals surface area (Å²) in [4.78, 5) is 18.4. The van der Waals surface area contributed by atoms with Gasteiger partial charge in [0.15, 0.2) is 22.4 Å². The molecule has 0 aromatic heterocycles. The fourth-order valence-electron chi connectivity index (χ4n) is 3.24. The van der Waals surface area contributed by atoms with Crippen molar-refractivity contribution in [2.24, 2.45) is 4.99 Å². The summed E-state index contributed by atoms with van der Waals surface area (Å²) in [7, 11) is -2.93. The maximum absolute atomic E-state index is 12.2. The van der Waals surface area contributed by atoms with Gasteiger partial charge >= 0.3 is 0 Å². The lowest BCUT2D eigenvalue weighted by Gasteiger charge is -2.29. The van der Waals surface area contributed by atoms with E-state index in [0.29, 0.717) is 38.4 Å². The SMILES string of the molecule is CCNC(=NCCCN1C(=O)COc2ccccc21)NC1CCS(=O)(=O)C1. The number of guanidine groups is 1. The molecule has 2 N–H and O–H groups in total. The predicted molar refractivity (Wildman–Crippen MR) is 105 cm³/mol. The van der Waals surface area contributed by atoms with Crippen LogP contribution >= 0.6 is 0 Å². The zero-order valence-corrected chi connectivity index (χ0v) is 16.3. The molecule has 0 saturated carbocycles. The van der Waals surface area contributed by atoms with Gasteiger partial charge in [-0.1, -0.05) is 12.1 Å². The molecule has 1 aromatic rings. The third-order valence-corrected chi connectivity index (χ3v) is 6.30. The fraction of sp³-hybridized carbons (Fsp3) is 0.556. The average molecular weight is 394 g/mol. The molecule has 3 rings (SSSR count). The maximum atomic E-state index is 12.2. The zero-order valence-electron chi connectivity index (χ0n) is 15.5. The van der Waals surface area contributed by atoms with E-state index in [4.69, 9.17) is 4.74 Å². The Morgan fingerprint density at radius 3 is 2.93 bits per heavy atom. The molecule has 0 bridgehead atoms. The Kier molecular flexibility index (Phi) is 6.20. The lowest BCUT2D eigenvalue weighted by molar-refractivity contribution is -0.121. The van der Waals surface area contributed by atoms with Crippen LogP contribution in [0.1, 0.15) is 19.8 Å². The van der Waals surface area contributed by atoms with Crippen LogP contribution in [0.15, 0.2) is 29.3 Å². The topological polar surface area (TPSA) is 100 Å². The number of ether oxygens (including phenoxy) is 1. The summed E-state index contributed by atoms with van der Waals surface area (Å²) in [6, 6.07) is 7.40. The largest absolute Gasteiger partial charge is 0.482 e. The van der Waals surface area contributed by atoms with E-state index < -0.39 is 9.84 Å². The fourth-order valence-corrected chi connectivity index (χ4v) is 4.91. The monoisotopic (exact) mass is 394 g/mol. The molecule has 2 aliphatic rings. The number of hydrogen-bond acceptors (Lipinski definition) is 5. The minimum absolute atomic E-state index is 0.0562. The first-order valence-electron chi connectivity index (χ1n) is 9.26. The third kappa shape index (κ3) is 5.12. The number of anilines is 1. The number of rotatable bonds is 6. The van der Waals surface area contributed by atoms with Crippen molar-refractivity contribution < 1.29 is 17.9 Å². The number of sulfone groups is 1. The molecule has 0 spiro atoms. The van der Waals surface area contributed by atoms with Crippen LogP contribution in [0.2, 0.25) is 0 Å². The zero-order chi connectivity index (χ0) is 19.3. The minimum atomic E-state index is -2.93. The molecule has 148 valence electrons. The number of nitrogens with zero attached hydrogens (tertiary/aromatic N) is 2. The Morgan fingerprint density at radius 1 is 1.37 bits per heavy atom.